The van der Waals surface area contributed by atoms with Crippen LogP contribution in [0.25, 0.3) is 0 Å². The standard InChI is InChI=1S/C21H18O5/c1-20(2)25-18(23)21(19(24)26-20)15(13-9-5-3-6-10-13)16(21)17(22)14-11-7-4-8-12-14/h3-12,15-16H,1-2H3/t15-,16-/m0/s1. The van der Waals surface area contributed by atoms with Gasteiger partial charge in [0.05, 0.1) is 5.92 Å². The second-order valence-corrected chi connectivity index (χ2v) is 7.14. The molecular formula is C21H18O5. The van der Waals surface area contributed by atoms with Gasteiger partial charge in [0.15, 0.2) is 11.2 Å². The summed E-state index contributed by atoms with van der Waals surface area (Å²) in [6, 6.07) is 17.8. The first-order valence-corrected chi connectivity index (χ1v) is 8.49. The zero-order chi connectivity index (χ0) is 18.5. The predicted octanol–water partition coefficient (Wildman–Crippen LogP) is 3.11. The van der Waals surface area contributed by atoms with Gasteiger partial charge in [0.25, 0.3) is 5.79 Å². The van der Waals surface area contributed by atoms with Crippen molar-refractivity contribution in [3.05, 3.63) is 71.8 Å². The third-order valence-electron chi connectivity index (χ3n) is 5.06. The van der Waals surface area contributed by atoms with E-state index in [1.54, 1.807) is 30.3 Å². The summed E-state index contributed by atoms with van der Waals surface area (Å²) in [5, 5.41) is 0. The van der Waals surface area contributed by atoms with E-state index in [2.05, 4.69) is 0 Å². The van der Waals surface area contributed by atoms with Crippen LogP contribution in [-0.2, 0) is 19.1 Å². The lowest BCUT2D eigenvalue weighted by molar-refractivity contribution is -0.243. The Balaban J connectivity index is 1.80. The monoisotopic (exact) mass is 350 g/mol. The van der Waals surface area contributed by atoms with E-state index in [1.807, 2.05) is 30.3 Å². The topological polar surface area (TPSA) is 69.7 Å². The van der Waals surface area contributed by atoms with E-state index in [4.69, 9.17) is 9.47 Å². The Kier molecular flexibility index (Phi) is 3.51. The second-order valence-electron chi connectivity index (χ2n) is 7.14. The fourth-order valence-corrected chi connectivity index (χ4v) is 3.87. The first kappa shape index (κ1) is 16.5. The van der Waals surface area contributed by atoms with Crippen molar-refractivity contribution < 1.29 is 23.9 Å². The highest BCUT2D eigenvalue weighted by molar-refractivity contribution is 6.16. The molecule has 0 bridgehead atoms. The summed E-state index contributed by atoms with van der Waals surface area (Å²) >= 11 is 0. The summed E-state index contributed by atoms with van der Waals surface area (Å²) in [6.07, 6.45) is 0. The van der Waals surface area contributed by atoms with Gasteiger partial charge in [-0.2, -0.15) is 0 Å². The third kappa shape index (κ3) is 2.27. The number of ether oxygens (including phenoxy) is 2. The molecule has 1 saturated heterocycles. The molecule has 1 aliphatic heterocycles. The minimum absolute atomic E-state index is 0.256. The zero-order valence-electron chi connectivity index (χ0n) is 14.5. The van der Waals surface area contributed by atoms with Crippen molar-refractivity contribution >= 4 is 17.7 Å². The highest BCUT2D eigenvalue weighted by Crippen LogP contribution is 2.68. The van der Waals surface area contributed by atoms with Gasteiger partial charge in [-0.1, -0.05) is 60.7 Å². The van der Waals surface area contributed by atoms with Crippen LogP contribution in [0.5, 0.6) is 0 Å². The fourth-order valence-electron chi connectivity index (χ4n) is 3.87. The Hall–Kier alpha value is -2.95. The average Bonchev–Trinajstić information content (AvgIpc) is 3.32. The van der Waals surface area contributed by atoms with Gasteiger partial charge >= 0.3 is 11.9 Å². The highest BCUT2D eigenvalue weighted by atomic mass is 16.7. The molecule has 1 heterocycles. The SMILES string of the molecule is CC1(C)OC(=O)C2(C(=O)O1)[C@H](C(=O)c1ccccc1)[C@@H]2c1ccccc1. The first-order chi connectivity index (χ1) is 12.4. The van der Waals surface area contributed by atoms with Crippen molar-refractivity contribution in [2.24, 2.45) is 11.3 Å². The maximum Gasteiger partial charge on any atom is 0.328 e. The van der Waals surface area contributed by atoms with Crippen LogP contribution in [0.2, 0.25) is 0 Å². The number of hydrogen-bond donors (Lipinski definition) is 0. The van der Waals surface area contributed by atoms with Gasteiger partial charge in [-0.3, -0.25) is 14.4 Å². The number of carbonyl (C=O) groups is 3. The van der Waals surface area contributed by atoms with Gasteiger partial charge in [0, 0.05) is 25.3 Å². The normalized spacial score (nSPS) is 25.3. The van der Waals surface area contributed by atoms with Crippen molar-refractivity contribution in [2.45, 2.75) is 25.6 Å². The largest absolute Gasteiger partial charge is 0.422 e. The smallest absolute Gasteiger partial charge is 0.328 e. The van der Waals surface area contributed by atoms with E-state index in [1.165, 1.54) is 13.8 Å². The molecule has 5 heteroatoms. The molecule has 5 nitrogen and oxygen atoms in total. The number of esters is 2. The summed E-state index contributed by atoms with van der Waals surface area (Å²) in [6.45, 7) is 3.01. The van der Waals surface area contributed by atoms with Crippen LogP contribution in [-0.4, -0.2) is 23.5 Å². The molecule has 0 N–H and O–H groups in total. The number of cyclic esters (lactones) is 2. The molecule has 2 fully saturated rings. The number of benzene rings is 2. The second kappa shape index (κ2) is 5.53. The quantitative estimate of drug-likeness (QED) is 0.483. The molecular weight excluding hydrogens is 332 g/mol. The van der Waals surface area contributed by atoms with Crippen molar-refractivity contribution in [1.82, 2.24) is 0 Å². The van der Waals surface area contributed by atoms with Gasteiger partial charge in [0.1, 0.15) is 0 Å². The lowest BCUT2D eigenvalue weighted by Gasteiger charge is -2.34. The van der Waals surface area contributed by atoms with Crippen LogP contribution in [0, 0.1) is 11.3 Å². The molecule has 0 radical (unpaired) electrons. The average molecular weight is 350 g/mol. The molecule has 1 spiro atoms. The maximum absolute atomic E-state index is 13.1. The van der Waals surface area contributed by atoms with Gasteiger partial charge < -0.3 is 9.47 Å². The number of ketones is 1. The van der Waals surface area contributed by atoms with Gasteiger partial charge in [-0.25, -0.2) is 0 Å². The molecule has 1 saturated carbocycles. The van der Waals surface area contributed by atoms with E-state index in [-0.39, 0.29) is 5.78 Å². The fraction of sp³-hybridized carbons (Fsp3) is 0.286. The van der Waals surface area contributed by atoms with Gasteiger partial charge in [-0.15, -0.1) is 0 Å². The van der Waals surface area contributed by atoms with Crippen molar-refractivity contribution in [2.75, 3.05) is 0 Å². The van der Waals surface area contributed by atoms with E-state index < -0.39 is 35.0 Å². The summed E-state index contributed by atoms with van der Waals surface area (Å²) in [4.78, 5) is 38.8. The molecule has 2 atom stereocenters. The van der Waals surface area contributed by atoms with Crippen LogP contribution in [0.1, 0.15) is 35.7 Å². The zero-order valence-corrected chi connectivity index (χ0v) is 14.5. The third-order valence-corrected chi connectivity index (χ3v) is 5.06. The summed E-state index contributed by atoms with van der Waals surface area (Å²) in [5.74, 6) is -4.39. The molecule has 2 aromatic carbocycles. The minimum atomic E-state index is -1.61. The van der Waals surface area contributed by atoms with Crippen LogP contribution < -0.4 is 0 Å². The lowest BCUT2D eigenvalue weighted by atomic mass is 9.96. The number of Topliss-reactive ketones (excluding diaryl/α,β-unsaturated/α-hetero) is 1. The molecule has 26 heavy (non-hydrogen) atoms. The van der Waals surface area contributed by atoms with Gasteiger partial charge in [-0.05, 0) is 5.56 Å². The first-order valence-electron chi connectivity index (χ1n) is 8.49. The van der Waals surface area contributed by atoms with Crippen LogP contribution in [0.3, 0.4) is 0 Å². The van der Waals surface area contributed by atoms with E-state index >= 15 is 0 Å². The Morgan fingerprint density at radius 1 is 0.846 bits per heavy atom. The highest BCUT2D eigenvalue weighted by Gasteiger charge is 2.81. The molecule has 0 aromatic heterocycles. The summed E-state index contributed by atoms with van der Waals surface area (Å²) in [7, 11) is 0. The summed E-state index contributed by atoms with van der Waals surface area (Å²) < 4.78 is 10.7. The molecule has 132 valence electrons. The predicted molar refractivity (Wildman–Crippen MR) is 92.1 cm³/mol. The molecule has 0 unspecified atom stereocenters. The van der Waals surface area contributed by atoms with E-state index in [0.717, 1.165) is 5.56 Å². The van der Waals surface area contributed by atoms with Crippen LogP contribution in [0.4, 0.5) is 0 Å². The number of hydrogen-bond acceptors (Lipinski definition) is 5. The van der Waals surface area contributed by atoms with Crippen molar-refractivity contribution in [1.29, 1.82) is 0 Å². The molecule has 2 aliphatic rings. The molecule has 0 amide bonds. The Bertz CT molecular complexity index is 865. The summed E-state index contributed by atoms with van der Waals surface area (Å²) in [5.41, 5.74) is -0.403. The van der Waals surface area contributed by atoms with Crippen LogP contribution >= 0.6 is 0 Å². The van der Waals surface area contributed by atoms with Crippen LogP contribution in [0.15, 0.2) is 60.7 Å². The van der Waals surface area contributed by atoms with E-state index in [9.17, 15) is 14.4 Å². The van der Waals surface area contributed by atoms with Gasteiger partial charge in [0.2, 0.25) is 0 Å². The number of rotatable bonds is 3. The minimum Gasteiger partial charge on any atom is -0.422 e. The molecule has 4 rings (SSSR count). The maximum atomic E-state index is 13.1. The molecule has 2 aromatic rings. The Morgan fingerprint density at radius 2 is 1.35 bits per heavy atom. The molecule has 1 aliphatic carbocycles. The van der Waals surface area contributed by atoms with Crippen molar-refractivity contribution in [3.63, 3.8) is 0 Å². The van der Waals surface area contributed by atoms with E-state index in [0.29, 0.717) is 5.56 Å². The lowest BCUT2D eigenvalue weighted by Crippen LogP contribution is -2.49. The Morgan fingerprint density at radius 3 is 1.88 bits per heavy atom. The van der Waals surface area contributed by atoms with Crippen molar-refractivity contribution in [3.8, 4) is 0 Å². The Labute approximate surface area is 150 Å². The number of carbonyl (C=O) groups excluding carboxylic acids is 3.